The van der Waals surface area contributed by atoms with Gasteiger partial charge in [-0.3, -0.25) is 19.1 Å². The molecule has 1 aromatic rings. The summed E-state index contributed by atoms with van der Waals surface area (Å²) < 4.78 is 6.13. The number of nitrogens with zero attached hydrogens (tertiary/aromatic N) is 2. The Morgan fingerprint density at radius 3 is 2.55 bits per heavy atom. The number of nitrogens with one attached hydrogen (secondary N) is 1. The number of nitrogen functional groups attached to an aromatic ring is 1. The first kappa shape index (κ1) is 18.0. The van der Waals surface area contributed by atoms with Crippen molar-refractivity contribution >= 4 is 17.4 Å². The highest BCUT2D eigenvalue weighted by Crippen LogP contribution is 2.18. The van der Waals surface area contributed by atoms with E-state index < -0.39 is 11.2 Å². The van der Waals surface area contributed by atoms with Crippen molar-refractivity contribution in [2.24, 2.45) is 0 Å². The van der Waals surface area contributed by atoms with Crippen LogP contribution in [0.15, 0.2) is 9.59 Å². The molecule has 124 valence electrons. The molecule has 1 heterocycles. The third kappa shape index (κ3) is 3.97. The molecule has 0 saturated carbocycles. The molecule has 1 rings (SSSR count). The van der Waals surface area contributed by atoms with Gasteiger partial charge in [0.1, 0.15) is 12.4 Å². The van der Waals surface area contributed by atoms with Crippen molar-refractivity contribution in [3.05, 3.63) is 20.8 Å². The highest BCUT2D eigenvalue weighted by Gasteiger charge is 2.23. The predicted octanol–water partition coefficient (Wildman–Crippen LogP) is 0.308. The second-order valence-electron chi connectivity index (χ2n) is 4.98. The van der Waals surface area contributed by atoms with Gasteiger partial charge in [-0.2, -0.15) is 0 Å². The maximum absolute atomic E-state index is 12.2. The van der Waals surface area contributed by atoms with Crippen LogP contribution in [0.5, 0.6) is 0 Å². The van der Waals surface area contributed by atoms with Crippen LogP contribution in [0.1, 0.15) is 33.1 Å². The molecule has 0 aromatic carbocycles. The molecule has 3 N–H and O–H groups in total. The van der Waals surface area contributed by atoms with E-state index in [4.69, 9.17) is 10.5 Å². The number of H-pyrrole nitrogens is 1. The number of anilines is 2. The van der Waals surface area contributed by atoms with Gasteiger partial charge in [-0.05, 0) is 12.8 Å². The molecule has 0 aliphatic heterocycles. The Balaban J connectivity index is 3.40. The van der Waals surface area contributed by atoms with Crippen LogP contribution in [0.4, 0.5) is 11.5 Å². The van der Waals surface area contributed by atoms with E-state index in [9.17, 15) is 14.4 Å². The van der Waals surface area contributed by atoms with E-state index in [1.165, 1.54) is 16.6 Å². The van der Waals surface area contributed by atoms with E-state index in [0.29, 0.717) is 25.9 Å². The standard InChI is InChI=1S/C14H24N4O4/c1-4-6-8-17(10(19)9-22-3)11-12(15)18(7-5-2)14(21)16-13(11)20/h4-9,15H2,1-3H3,(H,16,20,21). The van der Waals surface area contributed by atoms with Crippen molar-refractivity contribution in [1.82, 2.24) is 9.55 Å². The number of amides is 1. The number of hydrogen-bond acceptors (Lipinski definition) is 5. The zero-order valence-electron chi connectivity index (χ0n) is 13.3. The molecule has 0 aliphatic rings. The number of unbranched alkanes of at least 4 members (excludes halogenated alkanes) is 1. The first-order valence-corrected chi connectivity index (χ1v) is 7.39. The van der Waals surface area contributed by atoms with E-state index in [1.54, 1.807) is 0 Å². The highest BCUT2D eigenvalue weighted by molar-refractivity contribution is 5.96. The lowest BCUT2D eigenvalue weighted by molar-refractivity contribution is -0.122. The van der Waals surface area contributed by atoms with Crippen LogP contribution in [0.3, 0.4) is 0 Å². The van der Waals surface area contributed by atoms with Gasteiger partial charge in [-0.25, -0.2) is 4.79 Å². The van der Waals surface area contributed by atoms with E-state index in [-0.39, 0.29) is 24.0 Å². The zero-order chi connectivity index (χ0) is 16.7. The van der Waals surface area contributed by atoms with Gasteiger partial charge in [0.15, 0.2) is 5.69 Å². The van der Waals surface area contributed by atoms with Gasteiger partial charge < -0.3 is 15.4 Å². The largest absolute Gasteiger partial charge is 0.383 e. The van der Waals surface area contributed by atoms with Gasteiger partial charge in [0.25, 0.3) is 11.5 Å². The average molecular weight is 312 g/mol. The minimum atomic E-state index is -0.657. The van der Waals surface area contributed by atoms with Crippen molar-refractivity contribution in [2.45, 2.75) is 39.7 Å². The van der Waals surface area contributed by atoms with Gasteiger partial charge >= 0.3 is 5.69 Å². The smallest absolute Gasteiger partial charge is 0.330 e. The molecule has 0 unspecified atom stereocenters. The summed E-state index contributed by atoms with van der Waals surface area (Å²) in [6, 6.07) is 0. The molecule has 8 nitrogen and oxygen atoms in total. The van der Waals surface area contributed by atoms with Crippen LogP contribution in [0, 0.1) is 0 Å². The monoisotopic (exact) mass is 312 g/mol. The number of aromatic amines is 1. The summed E-state index contributed by atoms with van der Waals surface area (Å²) in [6.45, 7) is 4.42. The number of methoxy groups -OCH3 is 1. The molecule has 1 aromatic heterocycles. The summed E-state index contributed by atoms with van der Waals surface area (Å²) in [4.78, 5) is 39.7. The lowest BCUT2D eigenvalue weighted by atomic mass is 10.2. The average Bonchev–Trinajstić information content (AvgIpc) is 2.46. The summed E-state index contributed by atoms with van der Waals surface area (Å²) in [7, 11) is 1.40. The SMILES string of the molecule is CCCCN(C(=O)COC)c1c(N)n(CCC)c(=O)[nH]c1=O. The molecular weight excluding hydrogens is 288 g/mol. The van der Waals surface area contributed by atoms with Crippen LogP contribution in [0.25, 0.3) is 0 Å². The summed E-state index contributed by atoms with van der Waals surface area (Å²) in [5.41, 5.74) is 4.78. The lowest BCUT2D eigenvalue weighted by Crippen LogP contribution is -2.42. The van der Waals surface area contributed by atoms with Crippen molar-refractivity contribution in [3.8, 4) is 0 Å². The molecule has 0 saturated heterocycles. The van der Waals surface area contributed by atoms with Crippen LogP contribution in [0.2, 0.25) is 0 Å². The third-order valence-electron chi connectivity index (χ3n) is 3.24. The molecule has 0 spiro atoms. The number of ether oxygens (including phenoxy) is 1. The number of carbonyl (C=O) groups is 1. The molecule has 8 heteroatoms. The van der Waals surface area contributed by atoms with Gasteiger partial charge in [0.2, 0.25) is 0 Å². The van der Waals surface area contributed by atoms with Crippen molar-refractivity contribution in [2.75, 3.05) is 30.9 Å². The van der Waals surface area contributed by atoms with Gasteiger partial charge in [0, 0.05) is 20.2 Å². The number of carbonyl (C=O) groups excluding carboxylic acids is 1. The molecule has 0 atom stereocenters. The number of nitrogens with two attached hydrogens (primary N) is 1. The lowest BCUT2D eigenvalue weighted by Gasteiger charge is -2.24. The Bertz CT molecular complexity index is 620. The molecule has 0 fully saturated rings. The van der Waals surface area contributed by atoms with Gasteiger partial charge in [-0.15, -0.1) is 0 Å². The first-order chi connectivity index (χ1) is 10.5. The maximum Gasteiger partial charge on any atom is 0.330 e. The first-order valence-electron chi connectivity index (χ1n) is 7.39. The molecule has 22 heavy (non-hydrogen) atoms. The molecule has 1 amide bonds. The zero-order valence-corrected chi connectivity index (χ0v) is 13.3. The molecule has 0 bridgehead atoms. The van der Waals surface area contributed by atoms with Crippen molar-refractivity contribution < 1.29 is 9.53 Å². The Hall–Kier alpha value is -2.09. The second kappa shape index (κ2) is 8.38. The van der Waals surface area contributed by atoms with E-state index in [1.807, 2.05) is 13.8 Å². The normalized spacial score (nSPS) is 10.7. The fourth-order valence-electron chi connectivity index (χ4n) is 2.16. The second-order valence-corrected chi connectivity index (χ2v) is 4.98. The van der Waals surface area contributed by atoms with Crippen LogP contribution < -0.4 is 21.9 Å². The quantitative estimate of drug-likeness (QED) is 0.717. The topological polar surface area (TPSA) is 110 Å². The Kier molecular flexibility index (Phi) is 6.84. The predicted molar refractivity (Wildman–Crippen MR) is 85.2 cm³/mol. The molecule has 0 aliphatic carbocycles. The van der Waals surface area contributed by atoms with E-state index in [0.717, 1.165) is 6.42 Å². The van der Waals surface area contributed by atoms with Gasteiger partial charge in [0.05, 0.1) is 0 Å². The minimum Gasteiger partial charge on any atom is -0.383 e. The number of hydrogen-bond donors (Lipinski definition) is 2. The van der Waals surface area contributed by atoms with Crippen molar-refractivity contribution in [1.29, 1.82) is 0 Å². The highest BCUT2D eigenvalue weighted by atomic mass is 16.5. The van der Waals surface area contributed by atoms with E-state index >= 15 is 0 Å². The number of rotatable bonds is 8. The van der Waals surface area contributed by atoms with Gasteiger partial charge in [-0.1, -0.05) is 20.3 Å². The summed E-state index contributed by atoms with van der Waals surface area (Å²) in [5, 5.41) is 0. The Morgan fingerprint density at radius 1 is 1.32 bits per heavy atom. The number of aromatic nitrogens is 2. The van der Waals surface area contributed by atoms with E-state index in [2.05, 4.69) is 4.98 Å². The minimum absolute atomic E-state index is 0.0103. The third-order valence-corrected chi connectivity index (χ3v) is 3.24. The maximum atomic E-state index is 12.2. The fraction of sp³-hybridized carbons (Fsp3) is 0.643. The van der Waals surface area contributed by atoms with Crippen molar-refractivity contribution in [3.63, 3.8) is 0 Å². The summed E-state index contributed by atoms with van der Waals surface area (Å²) >= 11 is 0. The fourth-order valence-corrected chi connectivity index (χ4v) is 2.16. The molecule has 0 radical (unpaired) electrons. The van der Waals surface area contributed by atoms with Crippen LogP contribution >= 0.6 is 0 Å². The Labute approximate surface area is 128 Å². The van der Waals surface area contributed by atoms with Crippen LogP contribution in [-0.2, 0) is 16.1 Å². The summed E-state index contributed by atoms with van der Waals surface area (Å²) in [5.74, 6) is -0.356. The Morgan fingerprint density at radius 2 is 2.00 bits per heavy atom. The molecular formula is C14H24N4O4. The summed E-state index contributed by atoms with van der Waals surface area (Å²) in [6.07, 6.45) is 2.24. The van der Waals surface area contributed by atoms with Crippen LogP contribution in [-0.4, -0.2) is 35.7 Å².